The number of rotatable bonds is 4. The lowest BCUT2D eigenvalue weighted by molar-refractivity contribution is -0.178. The highest BCUT2D eigenvalue weighted by Crippen LogP contribution is 2.67. The van der Waals surface area contributed by atoms with Gasteiger partial charge in [-0.25, -0.2) is 4.98 Å². The quantitative estimate of drug-likeness (QED) is 0.668. The molecule has 4 aliphatic carbocycles. The maximum absolute atomic E-state index is 13.4. The molecule has 0 amide bonds. The van der Waals surface area contributed by atoms with Crippen LogP contribution >= 0.6 is 11.8 Å². The minimum absolute atomic E-state index is 0.0917. The van der Waals surface area contributed by atoms with Crippen molar-refractivity contribution in [1.82, 2.24) is 4.98 Å². The van der Waals surface area contributed by atoms with Crippen molar-refractivity contribution in [3.8, 4) is 0 Å². The monoisotopic (exact) mass is 455 g/mol. The number of aromatic nitrogens is 1. The van der Waals surface area contributed by atoms with Gasteiger partial charge in [-0.15, -0.1) is 0 Å². The van der Waals surface area contributed by atoms with Crippen LogP contribution in [0, 0.1) is 28.6 Å². The maximum Gasteiger partial charge on any atom is 0.175 e. The van der Waals surface area contributed by atoms with Gasteiger partial charge in [0.1, 0.15) is 5.60 Å². The van der Waals surface area contributed by atoms with Gasteiger partial charge in [-0.2, -0.15) is 0 Å². The van der Waals surface area contributed by atoms with E-state index in [1.165, 1.54) is 17.3 Å². The summed E-state index contributed by atoms with van der Waals surface area (Å²) in [6, 6.07) is 5.61. The Bertz CT molecular complexity index is 964. The Labute approximate surface area is 194 Å². The van der Waals surface area contributed by atoms with Gasteiger partial charge < -0.3 is 10.2 Å². The number of carbonyl (C=O) groups is 2. The van der Waals surface area contributed by atoms with Crippen molar-refractivity contribution in [1.29, 1.82) is 0 Å². The summed E-state index contributed by atoms with van der Waals surface area (Å²) in [5, 5.41) is 24.0. The number of nitrogens with zero attached hydrogens (tertiary/aromatic N) is 1. The third kappa shape index (κ3) is 3.17. The van der Waals surface area contributed by atoms with E-state index < -0.39 is 17.1 Å². The normalized spacial score (nSPS) is 43.1. The average Bonchev–Trinajstić information content (AvgIpc) is 3.04. The Morgan fingerprint density at radius 3 is 2.78 bits per heavy atom. The van der Waals surface area contributed by atoms with Crippen molar-refractivity contribution in [3.05, 3.63) is 36.0 Å². The predicted molar refractivity (Wildman–Crippen MR) is 123 cm³/mol. The summed E-state index contributed by atoms with van der Waals surface area (Å²) in [6.07, 6.45) is 7.82. The van der Waals surface area contributed by atoms with E-state index in [0.29, 0.717) is 19.3 Å². The summed E-state index contributed by atoms with van der Waals surface area (Å²) >= 11 is 1.37. The highest BCUT2D eigenvalue weighted by atomic mass is 32.2. The molecule has 4 aliphatic rings. The standard InChI is InChI=1S/C26H33NO4S/c1-24-10-8-17(28)13-16(24)6-7-18-19-9-11-26(31,25(19,2)14-20(29)23(18)24)21(30)15-32-22-5-3-4-12-27-22/h3-5,12-13,18-20,23,29,31H,6-11,14-15H2,1-2H3/t18?,19?,20-,23?,24?,25?,26-/m0/s1. The molecule has 1 aromatic heterocycles. The van der Waals surface area contributed by atoms with E-state index >= 15 is 0 Å². The van der Waals surface area contributed by atoms with Gasteiger partial charge in [-0.1, -0.05) is 37.2 Å². The number of fused-ring (bicyclic) bond motifs is 5. The van der Waals surface area contributed by atoms with Crippen molar-refractivity contribution in [3.63, 3.8) is 0 Å². The topological polar surface area (TPSA) is 87.5 Å². The van der Waals surface area contributed by atoms with Crippen molar-refractivity contribution in [2.45, 2.75) is 75.5 Å². The molecule has 5 rings (SSSR count). The Kier molecular flexibility index (Phi) is 5.42. The molecule has 7 atom stereocenters. The van der Waals surface area contributed by atoms with Crippen molar-refractivity contribution >= 4 is 23.3 Å². The van der Waals surface area contributed by atoms with E-state index in [1.54, 1.807) is 6.20 Å². The number of ketones is 2. The van der Waals surface area contributed by atoms with Gasteiger partial charge in [0, 0.05) is 18.0 Å². The molecule has 6 heteroatoms. The summed E-state index contributed by atoms with van der Waals surface area (Å²) < 4.78 is 0. The van der Waals surface area contributed by atoms with E-state index in [0.717, 1.165) is 30.7 Å². The van der Waals surface area contributed by atoms with Gasteiger partial charge in [-0.3, -0.25) is 9.59 Å². The van der Waals surface area contributed by atoms with E-state index in [4.69, 9.17) is 0 Å². The van der Waals surface area contributed by atoms with Crippen LogP contribution in [0.1, 0.15) is 58.8 Å². The molecule has 0 radical (unpaired) electrons. The first kappa shape index (κ1) is 22.3. The van der Waals surface area contributed by atoms with Crippen LogP contribution < -0.4 is 0 Å². The number of Topliss-reactive ketones (excluding diaryl/α,β-unsaturated/α-hetero) is 1. The van der Waals surface area contributed by atoms with Gasteiger partial charge in [-0.05, 0) is 79.9 Å². The van der Waals surface area contributed by atoms with Gasteiger partial charge >= 0.3 is 0 Å². The van der Waals surface area contributed by atoms with Crippen LogP contribution in [0.25, 0.3) is 0 Å². The molecule has 32 heavy (non-hydrogen) atoms. The van der Waals surface area contributed by atoms with Gasteiger partial charge in [0.05, 0.1) is 16.9 Å². The molecule has 0 saturated heterocycles. The maximum atomic E-state index is 13.4. The minimum atomic E-state index is -1.41. The zero-order valence-corrected chi connectivity index (χ0v) is 19.7. The second-order valence-corrected chi connectivity index (χ2v) is 11.9. The van der Waals surface area contributed by atoms with Crippen LogP contribution in [0.2, 0.25) is 0 Å². The first-order valence-electron chi connectivity index (χ1n) is 11.9. The summed E-state index contributed by atoms with van der Waals surface area (Å²) in [7, 11) is 0. The fraction of sp³-hybridized carbons (Fsp3) is 0.654. The van der Waals surface area contributed by atoms with Crippen molar-refractivity contribution in [2.24, 2.45) is 28.6 Å². The second kappa shape index (κ2) is 7.78. The van der Waals surface area contributed by atoms with Gasteiger partial charge in [0.25, 0.3) is 0 Å². The smallest absolute Gasteiger partial charge is 0.175 e. The predicted octanol–water partition coefficient (Wildman–Crippen LogP) is 3.98. The first-order valence-corrected chi connectivity index (χ1v) is 12.9. The average molecular weight is 456 g/mol. The number of pyridine rings is 1. The number of hydrogen-bond donors (Lipinski definition) is 2. The van der Waals surface area contributed by atoms with E-state index in [1.807, 2.05) is 31.2 Å². The number of aliphatic hydroxyl groups excluding tert-OH is 1. The zero-order chi connectivity index (χ0) is 22.7. The molecule has 172 valence electrons. The molecule has 1 aromatic rings. The largest absolute Gasteiger partial charge is 0.393 e. The molecular weight excluding hydrogens is 422 g/mol. The summed E-state index contributed by atoms with van der Waals surface area (Å²) in [4.78, 5) is 29.7. The Balaban J connectivity index is 1.40. The highest BCUT2D eigenvalue weighted by Gasteiger charge is 2.68. The molecule has 0 aliphatic heterocycles. The van der Waals surface area contributed by atoms with E-state index in [2.05, 4.69) is 11.9 Å². The molecule has 0 spiro atoms. The first-order chi connectivity index (χ1) is 15.2. The molecule has 0 aromatic carbocycles. The van der Waals surface area contributed by atoms with Crippen molar-refractivity contribution in [2.75, 3.05) is 5.75 Å². The summed E-state index contributed by atoms with van der Waals surface area (Å²) in [5.41, 5.74) is -0.992. The van der Waals surface area contributed by atoms with Gasteiger partial charge in [0.15, 0.2) is 11.6 Å². The fourth-order valence-electron chi connectivity index (χ4n) is 7.84. The van der Waals surface area contributed by atoms with E-state index in [-0.39, 0.29) is 40.5 Å². The van der Waals surface area contributed by atoms with Crippen molar-refractivity contribution < 1.29 is 19.8 Å². The summed E-state index contributed by atoms with van der Waals surface area (Å²) in [6.45, 7) is 4.26. The van der Waals surface area contributed by atoms with Crippen LogP contribution in [0.3, 0.4) is 0 Å². The number of carbonyl (C=O) groups excluding carboxylic acids is 2. The van der Waals surface area contributed by atoms with E-state index in [9.17, 15) is 19.8 Å². The van der Waals surface area contributed by atoms with Crippen LogP contribution in [-0.2, 0) is 9.59 Å². The van der Waals surface area contributed by atoms with Crippen LogP contribution in [0.4, 0.5) is 0 Å². The number of allylic oxidation sites excluding steroid dienone is 1. The van der Waals surface area contributed by atoms with Gasteiger partial charge in [0.2, 0.25) is 0 Å². The molecule has 3 saturated carbocycles. The fourth-order valence-corrected chi connectivity index (χ4v) is 8.67. The minimum Gasteiger partial charge on any atom is -0.393 e. The lowest BCUT2D eigenvalue weighted by Crippen LogP contribution is -2.61. The van der Waals surface area contributed by atoms with Crippen LogP contribution in [0.5, 0.6) is 0 Å². The second-order valence-electron chi connectivity index (χ2n) is 10.9. The number of aliphatic hydroxyl groups is 2. The molecule has 0 bridgehead atoms. The lowest BCUT2D eigenvalue weighted by atomic mass is 9.45. The molecular formula is C26H33NO4S. The molecule has 3 fully saturated rings. The third-order valence-corrected chi connectivity index (χ3v) is 10.4. The molecule has 1 heterocycles. The van der Waals surface area contributed by atoms with Crippen LogP contribution in [0.15, 0.2) is 41.1 Å². The lowest BCUT2D eigenvalue weighted by Gasteiger charge is -2.60. The highest BCUT2D eigenvalue weighted by molar-refractivity contribution is 7.99. The zero-order valence-electron chi connectivity index (χ0n) is 18.9. The third-order valence-electron chi connectivity index (χ3n) is 9.50. The number of thioether (sulfide) groups is 1. The molecule has 2 N–H and O–H groups in total. The van der Waals surface area contributed by atoms with Crippen LogP contribution in [-0.4, -0.2) is 44.2 Å². The Morgan fingerprint density at radius 2 is 2.03 bits per heavy atom. The molecule has 5 nitrogen and oxygen atoms in total. The molecule has 5 unspecified atom stereocenters. The Morgan fingerprint density at radius 1 is 1.22 bits per heavy atom. The number of hydrogen-bond acceptors (Lipinski definition) is 6. The summed E-state index contributed by atoms with van der Waals surface area (Å²) in [5.74, 6) is 0.818. The Hall–Kier alpha value is -1.50. The SMILES string of the molecule is CC12CCC(=O)C=C1CCC1C2[C@@H](O)CC2(C)C1CC[C@]2(O)C(=O)CSc1ccccn1.